The van der Waals surface area contributed by atoms with Gasteiger partial charge in [0.05, 0.1) is 11.2 Å². The van der Waals surface area contributed by atoms with Crippen LogP contribution in [-0.4, -0.2) is 33.6 Å². The van der Waals surface area contributed by atoms with Crippen LogP contribution in [0.25, 0.3) is 10.9 Å². The Hall–Kier alpha value is -4.31. The summed E-state index contributed by atoms with van der Waals surface area (Å²) in [5.41, 5.74) is 13.1. The first-order valence-corrected chi connectivity index (χ1v) is 12.6. The van der Waals surface area contributed by atoms with E-state index in [0.717, 1.165) is 28.9 Å². The number of fused-ring (bicyclic) bond motifs is 1. The molecule has 9 nitrogen and oxygen atoms in total. The number of nitrogens with two attached hydrogens (primary N) is 2. The summed E-state index contributed by atoms with van der Waals surface area (Å²) in [6.07, 6.45) is 2.48. The monoisotopic (exact) mass is 516 g/mol. The minimum atomic E-state index is -1.04. The van der Waals surface area contributed by atoms with E-state index in [-0.39, 0.29) is 22.2 Å². The van der Waals surface area contributed by atoms with Crippen LogP contribution in [0.5, 0.6) is 0 Å². The summed E-state index contributed by atoms with van der Waals surface area (Å²) < 4.78 is 3.99. The van der Waals surface area contributed by atoms with Gasteiger partial charge in [-0.1, -0.05) is 44.2 Å². The highest BCUT2D eigenvalue weighted by atomic mass is 32.1. The maximum atomic E-state index is 14.0. The van der Waals surface area contributed by atoms with E-state index in [1.54, 1.807) is 36.5 Å². The molecule has 2 aromatic heterocycles. The lowest BCUT2D eigenvalue weighted by atomic mass is 10.00. The highest BCUT2D eigenvalue weighted by Crippen LogP contribution is 2.34. The van der Waals surface area contributed by atoms with Crippen molar-refractivity contribution in [1.82, 2.24) is 14.7 Å². The quantitative estimate of drug-likeness (QED) is 0.307. The molecule has 0 aliphatic carbocycles. The van der Waals surface area contributed by atoms with Crippen LogP contribution in [0.15, 0.2) is 66.9 Å². The van der Waals surface area contributed by atoms with Gasteiger partial charge in [0.15, 0.2) is 5.69 Å². The fourth-order valence-corrected chi connectivity index (χ4v) is 4.72. The summed E-state index contributed by atoms with van der Waals surface area (Å²) in [5.74, 6) is -1.35. The summed E-state index contributed by atoms with van der Waals surface area (Å²) in [4.78, 5) is 45.3. The summed E-state index contributed by atoms with van der Waals surface area (Å²) in [7, 11) is 0. The zero-order valence-electron chi connectivity index (χ0n) is 20.5. The van der Waals surface area contributed by atoms with E-state index in [0.29, 0.717) is 23.7 Å². The average molecular weight is 517 g/mol. The molecule has 0 aliphatic heterocycles. The van der Waals surface area contributed by atoms with Crippen molar-refractivity contribution in [2.45, 2.75) is 26.3 Å². The number of hydrogen-bond acceptors (Lipinski definition) is 7. The molecule has 0 saturated heterocycles. The number of amides is 3. The second-order valence-electron chi connectivity index (χ2n) is 8.98. The predicted molar refractivity (Wildman–Crippen MR) is 145 cm³/mol. The van der Waals surface area contributed by atoms with Crippen LogP contribution >= 0.6 is 11.5 Å². The third kappa shape index (κ3) is 5.59. The Morgan fingerprint density at radius 2 is 1.81 bits per heavy atom. The van der Waals surface area contributed by atoms with E-state index in [1.807, 2.05) is 30.3 Å². The number of primary amides is 1. The third-order valence-corrected chi connectivity index (χ3v) is 6.73. The molecule has 4 rings (SSSR count). The lowest BCUT2D eigenvalue weighted by molar-refractivity contribution is -0.122. The van der Waals surface area contributed by atoms with Gasteiger partial charge in [-0.3, -0.25) is 24.3 Å². The molecule has 37 heavy (non-hydrogen) atoms. The number of aromatic nitrogens is 2. The minimum Gasteiger partial charge on any atom is -0.395 e. The second kappa shape index (κ2) is 11.2. The van der Waals surface area contributed by atoms with Crippen molar-refractivity contribution in [2.24, 2.45) is 11.7 Å². The molecule has 190 valence electrons. The third-order valence-electron chi connectivity index (χ3n) is 5.88. The first kappa shape index (κ1) is 25.8. The highest BCUT2D eigenvalue weighted by Gasteiger charge is 2.36. The Balaban J connectivity index is 1.86. The summed E-state index contributed by atoms with van der Waals surface area (Å²) in [6.45, 7) is 4.60. The number of para-hydroxylation sites is 1. The average Bonchev–Trinajstić information content (AvgIpc) is 3.28. The van der Waals surface area contributed by atoms with Crippen LogP contribution in [0.1, 0.15) is 52.0 Å². The van der Waals surface area contributed by atoms with E-state index in [1.165, 1.54) is 4.90 Å². The summed E-state index contributed by atoms with van der Waals surface area (Å²) >= 11 is 0.775. The molecule has 0 spiro atoms. The van der Waals surface area contributed by atoms with Gasteiger partial charge in [0.2, 0.25) is 5.91 Å². The normalized spacial score (nSPS) is 11.9. The zero-order valence-corrected chi connectivity index (χ0v) is 21.4. The van der Waals surface area contributed by atoms with E-state index in [4.69, 9.17) is 11.5 Å². The maximum Gasteiger partial charge on any atom is 0.273 e. The van der Waals surface area contributed by atoms with Crippen LogP contribution in [0.2, 0.25) is 0 Å². The molecule has 1 atom stereocenters. The predicted octanol–water partition coefficient (Wildman–Crippen LogP) is 3.92. The second-order valence-corrected chi connectivity index (χ2v) is 9.75. The number of nitrogens with one attached hydrogen (secondary N) is 1. The van der Waals surface area contributed by atoms with Gasteiger partial charge in [0.25, 0.3) is 11.8 Å². The SMILES string of the molecule is CC(C)CCNC(=O)[C@H](c1ccc2ncccc2c1)N(C(=O)c1snc(C(N)=O)c1N)c1ccccc1. The standard InChI is InChI=1S/C27H28N6O3S/c1-16(2)12-14-31-26(35)23(18-10-11-20-17(15-18)7-6-13-30-20)33(19-8-4-3-5-9-19)27(36)24-21(28)22(25(29)34)32-37-24/h3-11,13,15-16,23H,12,14,28H2,1-2H3,(H2,29,34)(H,31,35)/t23-/m0/s1. The van der Waals surface area contributed by atoms with Crippen LogP contribution in [-0.2, 0) is 4.79 Å². The Morgan fingerprint density at radius 1 is 1.05 bits per heavy atom. The van der Waals surface area contributed by atoms with Crippen molar-refractivity contribution < 1.29 is 14.4 Å². The molecule has 2 heterocycles. The zero-order chi connectivity index (χ0) is 26.5. The Kier molecular flexibility index (Phi) is 7.78. The van der Waals surface area contributed by atoms with Crippen LogP contribution in [0, 0.1) is 5.92 Å². The van der Waals surface area contributed by atoms with E-state index >= 15 is 0 Å². The van der Waals surface area contributed by atoms with Crippen molar-refractivity contribution in [2.75, 3.05) is 17.2 Å². The Labute approximate surface area is 218 Å². The smallest absolute Gasteiger partial charge is 0.273 e. The number of nitrogen functional groups attached to an aromatic ring is 1. The topological polar surface area (TPSA) is 144 Å². The molecule has 0 bridgehead atoms. The van der Waals surface area contributed by atoms with E-state index in [9.17, 15) is 14.4 Å². The Morgan fingerprint density at radius 3 is 2.49 bits per heavy atom. The molecule has 2 aromatic carbocycles. The number of carbonyl (C=O) groups is 3. The van der Waals surface area contributed by atoms with E-state index in [2.05, 4.69) is 28.5 Å². The lowest BCUT2D eigenvalue weighted by Crippen LogP contribution is -2.44. The van der Waals surface area contributed by atoms with Gasteiger partial charge in [0.1, 0.15) is 10.9 Å². The number of nitrogens with zero attached hydrogens (tertiary/aromatic N) is 3. The number of carbonyl (C=O) groups excluding carboxylic acids is 3. The fraction of sp³-hybridized carbons (Fsp3) is 0.222. The molecular formula is C27H28N6O3S. The molecule has 0 fully saturated rings. The minimum absolute atomic E-state index is 0.0279. The molecule has 5 N–H and O–H groups in total. The van der Waals surface area contributed by atoms with Crippen LogP contribution in [0.4, 0.5) is 11.4 Å². The molecule has 0 saturated carbocycles. The number of hydrogen-bond donors (Lipinski definition) is 3. The van der Waals surface area contributed by atoms with Gasteiger partial charge in [-0.05, 0) is 59.8 Å². The van der Waals surface area contributed by atoms with Gasteiger partial charge >= 0.3 is 0 Å². The molecule has 4 aromatic rings. The largest absolute Gasteiger partial charge is 0.395 e. The van der Waals surface area contributed by atoms with Gasteiger partial charge in [-0.25, -0.2) is 0 Å². The molecule has 0 radical (unpaired) electrons. The van der Waals surface area contributed by atoms with Gasteiger partial charge in [-0.15, -0.1) is 0 Å². The van der Waals surface area contributed by atoms with E-state index < -0.39 is 17.9 Å². The van der Waals surface area contributed by atoms with Crippen molar-refractivity contribution >= 4 is 51.5 Å². The van der Waals surface area contributed by atoms with Gasteiger partial charge in [-0.2, -0.15) is 4.37 Å². The number of rotatable bonds is 9. The van der Waals surface area contributed by atoms with Crippen LogP contribution < -0.4 is 21.7 Å². The van der Waals surface area contributed by atoms with Crippen molar-refractivity contribution in [1.29, 1.82) is 0 Å². The number of benzene rings is 2. The van der Waals surface area contributed by atoms with Gasteiger partial charge < -0.3 is 16.8 Å². The van der Waals surface area contributed by atoms with Crippen molar-refractivity contribution in [3.8, 4) is 0 Å². The molecule has 0 unspecified atom stereocenters. The maximum absolute atomic E-state index is 14.0. The molecule has 3 amide bonds. The van der Waals surface area contributed by atoms with Gasteiger partial charge in [0, 0.05) is 23.8 Å². The lowest BCUT2D eigenvalue weighted by Gasteiger charge is -2.31. The fourth-order valence-electron chi connectivity index (χ4n) is 3.97. The molecule has 10 heteroatoms. The summed E-state index contributed by atoms with van der Waals surface area (Å²) in [5, 5.41) is 3.82. The highest BCUT2D eigenvalue weighted by molar-refractivity contribution is 7.09. The first-order valence-electron chi connectivity index (χ1n) is 11.8. The first-order chi connectivity index (χ1) is 17.8. The summed E-state index contributed by atoms with van der Waals surface area (Å²) in [6, 6.07) is 17.0. The molecular weight excluding hydrogens is 488 g/mol. The molecule has 0 aliphatic rings. The number of anilines is 2. The number of pyridine rings is 1. The van der Waals surface area contributed by atoms with Crippen molar-refractivity contribution in [3.05, 3.63) is 83.0 Å². The van der Waals surface area contributed by atoms with Crippen LogP contribution in [0.3, 0.4) is 0 Å². The Bertz CT molecular complexity index is 1440. The van der Waals surface area contributed by atoms with Crippen molar-refractivity contribution in [3.63, 3.8) is 0 Å².